The molecule has 0 spiro atoms. The summed E-state index contributed by atoms with van der Waals surface area (Å²) in [7, 11) is -1.86. The number of anilines is 2. The van der Waals surface area contributed by atoms with Gasteiger partial charge in [-0.25, -0.2) is 8.42 Å². The number of sulfonamides is 1. The molecule has 0 aliphatic heterocycles. The maximum Gasteiger partial charge on any atom is 0.265 e. The Balaban J connectivity index is 1.95. The van der Waals surface area contributed by atoms with Crippen LogP contribution in [0.3, 0.4) is 0 Å². The maximum absolute atomic E-state index is 12.3. The molecule has 0 saturated carbocycles. The first-order valence-corrected chi connectivity index (χ1v) is 10.7. The summed E-state index contributed by atoms with van der Waals surface area (Å²) in [5, 5.41) is 2.78. The first kappa shape index (κ1) is 21.6. The van der Waals surface area contributed by atoms with E-state index >= 15 is 0 Å². The van der Waals surface area contributed by atoms with Gasteiger partial charge in [-0.15, -0.1) is 0 Å². The second-order valence-electron chi connectivity index (χ2n) is 6.66. The van der Waals surface area contributed by atoms with Gasteiger partial charge in [-0.3, -0.25) is 9.10 Å². The van der Waals surface area contributed by atoms with Crippen molar-refractivity contribution < 1.29 is 22.7 Å². The lowest BCUT2D eigenvalue weighted by atomic mass is 10.2. The van der Waals surface area contributed by atoms with Gasteiger partial charge in [0.25, 0.3) is 5.91 Å². The molecule has 2 rings (SSSR count). The van der Waals surface area contributed by atoms with Gasteiger partial charge < -0.3 is 14.8 Å². The van der Waals surface area contributed by atoms with E-state index in [4.69, 9.17) is 9.47 Å². The van der Waals surface area contributed by atoms with Crippen molar-refractivity contribution in [1.82, 2.24) is 0 Å². The molecule has 2 aromatic carbocycles. The average molecular weight is 407 g/mol. The van der Waals surface area contributed by atoms with Crippen molar-refractivity contribution in [3.05, 3.63) is 48.5 Å². The summed E-state index contributed by atoms with van der Waals surface area (Å²) in [5.74, 6) is 0.903. The van der Waals surface area contributed by atoms with Crippen LogP contribution in [-0.4, -0.2) is 39.8 Å². The summed E-state index contributed by atoms with van der Waals surface area (Å²) in [6, 6.07) is 13.6. The molecule has 2 aromatic rings. The number of ether oxygens (including phenoxy) is 2. The zero-order valence-electron chi connectivity index (χ0n) is 16.7. The van der Waals surface area contributed by atoms with E-state index in [1.54, 1.807) is 55.5 Å². The highest BCUT2D eigenvalue weighted by Gasteiger charge is 2.16. The molecular weight excluding hydrogens is 380 g/mol. The molecule has 7 nitrogen and oxygen atoms in total. The zero-order valence-corrected chi connectivity index (χ0v) is 17.5. The van der Waals surface area contributed by atoms with E-state index < -0.39 is 16.1 Å². The van der Waals surface area contributed by atoms with Gasteiger partial charge in [-0.2, -0.15) is 0 Å². The Labute approximate surface area is 166 Å². The number of amides is 1. The summed E-state index contributed by atoms with van der Waals surface area (Å²) >= 11 is 0. The zero-order chi connectivity index (χ0) is 20.9. The van der Waals surface area contributed by atoms with Crippen LogP contribution >= 0.6 is 0 Å². The molecule has 0 heterocycles. The molecule has 0 aromatic heterocycles. The Hall–Kier alpha value is -2.74. The van der Waals surface area contributed by atoms with Crippen LogP contribution < -0.4 is 19.1 Å². The maximum atomic E-state index is 12.3. The number of nitrogens with zero attached hydrogens (tertiary/aromatic N) is 1. The molecule has 0 saturated heterocycles. The van der Waals surface area contributed by atoms with Crippen LogP contribution in [0.4, 0.5) is 11.4 Å². The molecule has 0 fully saturated rings. The minimum atomic E-state index is -3.33. The molecule has 1 amide bonds. The van der Waals surface area contributed by atoms with Crippen LogP contribution in [-0.2, 0) is 14.8 Å². The van der Waals surface area contributed by atoms with Crippen molar-refractivity contribution in [3.8, 4) is 11.5 Å². The number of carbonyl (C=O) groups is 1. The molecule has 0 aliphatic rings. The van der Waals surface area contributed by atoms with Crippen LogP contribution in [0.2, 0.25) is 0 Å². The van der Waals surface area contributed by atoms with E-state index in [0.29, 0.717) is 17.1 Å². The highest BCUT2D eigenvalue weighted by molar-refractivity contribution is 7.92. The van der Waals surface area contributed by atoms with Crippen molar-refractivity contribution >= 4 is 27.3 Å². The fourth-order valence-corrected chi connectivity index (χ4v) is 2.82. The number of carbonyl (C=O) groups excluding carboxylic acids is 1. The highest BCUT2D eigenvalue weighted by Crippen LogP contribution is 2.22. The lowest BCUT2D eigenvalue weighted by Gasteiger charge is -2.18. The van der Waals surface area contributed by atoms with Gasteiger partial charge in [-0.05, 0) is 69.3 Å². The van der Waals surface area contributed by atoms with Crippen molar-refractivity contribution in [2.24, 2.45) is 0 Å². The molecule has 1 N–H and O–H groups in total. The number of rotatable bonds is 8. The minimum absolute atomic E-state index is 0.0810. The molecule has 8 heteroatoms. The van der Waals surface area contributed by atoms with E-state index in [9.17, 15) is 13.2 Å². The number of nitrogens with one attached hydrogen (secondary N) is 1. The smallest absolute Gasteiger partial charge is 0.265 e. The van der Waals surface area contributed by atoms with Gasteiger partial charge >= 0.3 is 0 Å². The third-order valence-electron chi connectivity index (χ3n) is 3.87. The molecule has 0 radical (unpaired) electrons. The number of hydrogen-bond donors (Lipinski definition) is 1. The normalized spacial score (nSPS) is 12.4. The summed E-state index contributed by atoms with van der Waals surface area (Å²) in [5.41, 5.74) is 1.15. The quantitative estimate of drug-likeness (QED) is 0.727. The molecular formula is C20H26N2O5S. The Morgan fingerprint density at radius 1 is 0.929 bits per heavy atom. The van der Waals surface area contributed by atoms with E-state index in [0.717, 1.165) is 12.0 Å². The summed E-state index contributed by atoms with van der Waals surface area (Å²) < 4.78 is 35.5. The third kappa shape index (κ3) is 6.16. The number of hydrogen-bond acceptors (Lipinski definition) is 5. The van der Waals surface area contributed by atoms with Gasteiger partial charge in [0.15, 0.2) is 6.10 Å². The van der Waals surface area contributed by atoms with Gasteiger partial charge in [0.05, 0.1) is 18.0 Å². The molecule has 1 unspecified atom stereocenters. The van der Waals surface area contributed by atoms with Gasteiger partial charge in [0, 0.05) is 12.7 Å². The predicted molar refractivity (Wildman–Crippen MR) is 111 cm³/mol. The lowest BCUT2D eigenvalue weighted by molar-refractivity contribution is -0.122. The van der Waals surface area contributed by atoms with E-state index in [-0.39, 0.29) is 12.0 Å². The topological polar surface area (TPSA) is 84.9 Å². The fourth-order valence-electron chi connectivity index (χ4n) is 2.32. The third-order valence-corrected chi connectivity index (χ3v) is 5.08. The molecule has 1 atom stereocenters. The Morgan fingerprint density at radius 2 is 1.43 bits per heavy atom. The Morgan fingerprint density at radius 3 is 1.93 bits per heavy atom. The van der Waals surface area contributed by atoms with Gasteiger partial charge in [0.1, 0.15) is 11.5 Å². The van der Waals surface area contributed by atoms with E-state index in [1.807, 2.05) is 13.8 Å². The molecule has 0 aliphatic carbocycles. The van der Waals surface area contributed by atoms with E-state index in [2.05, 4.69) is 5.32 Å². The summed E-state index contributed by atoms with van der Waals surface area (Å²) in [6.45, 7) is 5.53. The largest absolute Gasteiger partial charge is 0.491 e. The van der Waals surface area contributed by atoms with Crippen LogP contribution in [0.25, 0.3) is 0 Å². The fraction of sp³-hybridized carbons (Fsp3) is 0.350. The van der Waals surface area contributed by atoms with Crippen LogP contribution in [0, 0.1) is 0 Å². The van der Waals surface area contributed by atoms with Crippen LogP contribution in [0.15, 0.2) is 48.5 Å². The molecule has 0 bridgehead atoms. The van der Waals surface area contributed by atoms with E-state index in [1.165, 1.54) is 11.4 Å². The first-order valence-electron chi connectivity index (χ1n) is 8.84. The average Bonchev–Trinajstić information content (AvgIpc) is 2.62. The van der Waals surface area contributed by atoms with Crippen molar-refractivity contribution in [2.45, 2.75) is 33.0 Å². The monoisotopic (exact) mass is 406 g/mol. The van der Waals surface area contributed by atoms with Crippen LogP contribution in [0.1, 0.15) is 20.8 Å². The highest BCUT2D eigenvalue weighted by atomic mass is 32.2. The Kier molecular flexibility index (Phi) is 6.90. The second kappa shape index (κ2) is 8.97. The lowest BCUT2D eigenvalue weighted by Crippen LogP contribution is -2.30. The molecule has 28 heavy (non-hydrogen) atoms. The summed E-state index contributed by atoms with van der Waals surface area (Å²) in [6.07, 6.45) is 0.480. The van der Waals surface area contributed by atoms with Crippen molar-refractivity contribution in [2.75, 3.05) is 22.9 Å². The number of benzene rings is 2. The SMILES string of the molecule is CC(C)Oc1ccc(NC(=O)C(C)Oc2ccc(N(C)S(C)(=O)=O)cc2)cc1. The first-order chi connectivity index (χ1) is 13.1. The molecule has 152 valence electrons. The van der Waals surface area contributed by atoms with Crippen molar-refractivity contribution in [1.29, 1.82) is 0 Å². The van der Waals surface area contributed by atoms with Crippen molar-refractivity contribution in [3.63, 3.8) is 0 Å². The summed E-state index contributed by atoms with van der Waals surface area (Å²) in [4.78, 5) is 12.3. The standard InChI is InChI=1S/C20H26N2O5S/c1-14(2)26-18-10-6-16(7-11-18)21-20(23)15(3)27-19-12-8-17(9-13-19)22(4)28(5,24)25/h6-15H,1-5H3,(H,21,23). The second-order valence-corrected chi connectivity index (χ2v) is 8.68. The predicted octanol–water partition coefficient (Wildman–Crippen LogP) is 3.28. The Bertz CT molecular complexity index is 893. The van der Waals surface area contributed by atoms with Gasteiger partial charge in [-0.1, -0.05) is 0 Å². The minimum Gasteiger partial charge on any atom is -0.491 e. The van der Waals surface area contributed by atoms with Gasteiger partial charge in [0.2, 0.25) is 10.0 Å². The van der Waals surface area contributed by atoms with Crippen LogP contribution in [0.5, 0.6) is 11.5 Å².